The zero-order valence-corrected chi connectivity index (χ0v) is 17.1. The normalized spacial score (nSPS) is 17.3. The Bertz CT molecular complexity index is 1130. The molecule has 2 aromatic carbocycles. The maximum absolute atomic E-state index is 6.52. The number of pyridine rings is 1. The first-order chi connectivity index (χ1) is 13.8. The highest BCUT2D eigenvalue weighted by Crippen LogP contribution is 2.29. The molecule has 6 nitrogen and oxygen atoms in total. The van der Waals surface area contributed by atoms with Gasteiger partial charge in [-0.05, 0) is 29.4 Å². The van der Waals surface area contributed by atoms with E-state index in [-0.39, 0.29) is 18.4 Å². The molecule has 1 unspecified atom stereocenters. The van der Waals surface area contributed by atoms with Crippen LogP contribution in [0, 0.1) is 0 Å². The second-order valence-corrected chi connectivity index (χ2v) is 7.24. The zero-order valence-electron chi connectivity index (χ0n) is 15.5. The summed E-state index contributed by atoms with van der Waals surface area (Å²) in [7, 11) is 0. The highest BCUT2D eigenvalue weighted by atomic mass is 35.5. The average molecular weight is 431 g/mol. The number of piperazine rings is 1. The van der Waals surface area contributed by atoms with Crippen LogP contribution < -0.4 is 10.1 Å². The Morgan fingerprint density at radius 3 is 2.83 bits per heavy atom. The lowest BCUT2D eigenvalue weighted by molar-refractivity contribution is 0.0604. The van der Waals surface area contributed by atoms with Crippen molar-refractivity contribution in [2.75, 3.05) is 26.4 Å². The van der Waals surface area contributed by atoms with Gasteiger partial charge in [0.2, 0.25) is 0 Å². The van der Waals surface area contributed by atoms with E-state index in [0.29, 0.717) is 12.6 Å². The molecule has 4 aromatic rings. The van der Waals surface area contributed by atoms with Crippen molar-refractivity contribution in [3.63, 3.8) is 0 Å². The van der Waals surface area contributed by atoms with Crippen LogP contribution in [0.4, 0.5) is 0 Å². The quantitative estimate of drug-likeness (QED) is 0.516. The molecule has 0 spiro atoms. The third-order valence-corrected chi connectivity index (χ3v) is 5.41. The minimum atomic E-state index is 0. The molecule has 5 rings (SSSR count). The fourth-order valence-corrected chi connectivity index (χ4v) is 3.90. The van der Waals surface area contributed by atoms with E-state index in [1.54, 1.807) is 0 Å². The summed E-state index contributed by atoms with van der Waals surface area (Å²) in [6.45, 7) is 2.91. The molecular weight excluding hydrogens is 411 g/mol. The highest BCUT2D eigenvalue weighted by Gasteiger charge is 2.26. The second-order valence-electron chi connectivity index (χ2n) is 6.84. The maximum atomic E-state index is 6.52. The van der Waals surface area contributed by atoms with Gasteiger partial charge < -0.3 is 14.6 Å². The maximum Gasteiger partial charge on any atom is 0.263 e. The molecule has 1 fully saturated rings. The molecule has 0 amide bonds. The molecule has 1 saturated heterocycles. The molecule has 29 heavy (non-hydrogen) atoms. The van der Waals surface area contributed by atoms with Crippen molar-refractivity contribution >= 4 is 45.9 Å². The number of hydrogen-bond donors (Lipinski definition) is 1. The van der Waals surface area contributed by atoms with Crippen LogP contribution >= 0.6 is 24.0 Å². The summed E-state index contributed by atoms with van der Waals surface area (Å²) >= 11 is 6.52. The summed E-state index contributed by atoms with van der Waals surface area (Å²) in [5.74, 6) is 0.511. The first kappa shape index (κ1) is 19.9. The van der Waals surface area contributed by atoms with Crippen LogP contribution in [0.3, 0.4) is 0 Å². The van der Waals surface area contributed by atoms with Gasteiger partial charge in [-0.3, -0.25) is 9.88 Å². The fourth-order valence-electron chi connectivity index (χ4n) is 3.63. The molecule has 0 bridgehead atoms. The van der Waals surface area contributed by atoms with Crippen LogP contribution in [0.15, 0.2) is 59.1 Å². The Labute approximate surface area is 179 Å². The molecule has 0 saturated carbocycles. The van der Waals surface area contributed by atoms with Crippen molar-refractivity contribution in [1.82, 2.24) is 20.4 Å². The molecule has 1 N–H and O–H groups in total. The molecule has 0 aliphatic carbocycles. The van der Waals surface area contributed by atoms with Crippen LogP contribution in [-0.4, -0.2) is 41.4 Å². The van der Waals surface area contributed by atoms with Gasteiger partial charge in [-0.15, -0.1) is 12.4 Å². The Morgan fingerprint density at radius 2 is 1.93 bits per heavy atom. The summed E-state index contributed by atoms with van der Waals surface area (Å²) in [5.41, 5.74) is 2.56. The summed E-state index contributed by atoms with van der Waals surface area (Å²) in [5, 5.41) is 10.1. The summed E-state index contributed by atoms with van der Waals surface area (Å²) < 4.78 is 11.3. The van der Waals surface area contributed by atoms with Crippen molar-refractivity contribution in [3.05, 3.63) is 65.3 Å². The molecule has 8 heteroatoms. The van der Waals surface area contributed by atoms with Crippen LogP contribution in [0.25, 0.3) is 21.9 Å². The molecule has 2 aromatic heterocycles. The van der Waals surface area contributed by atoms with Crippen LogP contribution in [0.1, 0.15) is 11.7 Å². The predicted molar refractivity (Wildman–Crippen MR) is 116 cm³/mol. The Balaban J connectivity index is 0.00000205. The lowest BCUT2D eigenvalue weighted by atomic mass is 10.1. The molecule has 1 atom stereocenters. The number of rotatable bonds is 4. The lowest BCUT2D eigenvalue weighted by Gasteiger charge is -2.35. The lowest BCUT2D eigenvalue weighted by Crippen LogP contribution is -2.47. The van der Waals surface area contributed by atoms with Crippen molar-refractivity contribution in [2.45, 2.75) is 6.04 Å². The predicted octanol–water partition coefficient (Wildman–Crippen LogP) is 4.43. The molecular formula is C21H20Cl2N4O2. The second kappa shape index (κ2) is 8.55. The van der Waals surface area contributed by atoms with Crippen LogP contribution in [-0.2, 0) is 0 Å². The fraction of sp³-hybridized carbons (Fsp3) is 0.238. The molecule has 1 aliphatic rings. The largest absolute Gasteiger partial charge is 0.459 e. The number of nitrogens with one attached hydrogen (secondary N) is 1. The number of hydrogen-bond acceptors (Lipinski definition) is 6. The van der Waals surface area contributed by atoms with Gasteiger partial charge in [0.05, 0.1) is 27.7 Å². The standard InChI is InChI=1S/C21H19ClN4O2.ClH/c22-16-11-18(24-17-7-3-1-5-14(16)17)19-12-23-9-10-26(19)13-27-21-15-6-2-4-8-20(15)28-25-21;/h1-8,11,19,23H,9-10,12-13H2;1H. The van der Waals surface area contributed by atoms with Crippen molar-refractivity contribution in [2.24, 2.45) is 0 Å². The molecule has 1 aliphatic heterocycles. The Kier molecular flexibility index (Phi) is 5.87. The SMILES string of the molecule is Cl.Clc1cc(C2CNCCN2COc2noc3ccccc23)nc2ccccc12. The van der Waals surface area contributed by atoms with E-state index in [0.717, 1.165) is 52.2 Å². The van der Waals surface area contributed by atoms with Gasteiger partial charge in [-0.25, -0.2) is 0 Å². The smallest absolute Gasteiger partial charge is 0.263 e. The average Bonchev–Trinajstić information content (AvgIpc) is 3.16. The van der Waals surface area contributed by atoms with Gasteiger partial charge in [0.25, 0.3) is 5.88 Å². The van der Waals surface area contributed by atoms with Gasteiger partial charge in [0.1, 0.15) is 6.73 Å². The third-order valence-electron chi connectivity index (χ3n) is 5.09. The van der Waals surface area contributed by atoms with Crippen molar-refractivity contribution in [3.8, 4) is 5.88 Å². The Hall–Kier alpha value is -2.38. The number of benzene rings is 2. The number of ether oxygens (including phenoxy) is 1. The molecule has 0 radical (unpaired) electrons. The molecule has 3 heterocycles. The monoisotopic (exact) mass is 430 g/mol. The van der Waals surface area contributed by atoms with E-state index in [1.807, 2.05) is 54.6 Å². The van der Waals surface area contributed by atoms with E-state index in [2.05, 4.69) is 15.4 Å². The summed E-state index contributed by atoms with van der Waals surface area (Å²) in [4.78, 5) is 7.09. The van der Waals surface area contributed by atoms with Crippen LogP contribution in [0.5, 0.6) is 5.88 Å². The van der Waals surface area contributed by atoms with Gasteiger partial charge in [0, 0.05) is 25.0 Å². The highest BCUT2D eigenvalue weighted by molar-refractivity contribution is 6.35. The van der Waals surface area contributed by atoms with Gasteiger partial charge in [-0.1, -0.05) is 41.9 Å². The zero-order chi connectivity index (χ0) is 18.9. The van der Waals surface area contributed by atoms with E-state index in [4.69, 9.17) is 25.8 Å². The number of aromatic nitrogens is 2. The van der Waals surface area contributed by atoms with Gasteiger partial charge in [-0.2, -0.15) is 0 Å². The van der Waals surface area contributed by atoms with Crippen molar-refractivity contribution < 1.29 is 9.26 Å². The minimum Gasteiger partial charge on any atom is -0.459 e. The number of nitrogens with zero attached hydrogens (tertiary/aromatic N) is 3. The van der Waals surface area contributed by atoms with E-state index in [1.165, 1.54) is 0 Å². The van der Waals surface area contributed by atoms with Gasteiger partial charge >= 0.3 is 0 Å². The number of para-hydroxylation sites is 2. The summed E-state index contributed by atoms with van der Waals surface area (Å²) in [6, 6.07) is 17.6. The summed E-state index contributed by atoms with van der Waals surface area (Å²) in [6.07, 6.45) is 0. The number of fused-ring (bicyclic) bond motifs is 2. The van der Waals surface area contributed by atoms with Crippen LogP contribution in [0.2, 0.25) is 5.02 Å². The van der Waals surface area contributed by atoms with E-state index in [9.17, 15) is 0 Å². The minimum absolute atomic E-state index is 0. The number of halogens is 2. The van der Waals surface area contributed by atoms with E-state index >= 15 is 0 Å². The first-order valence-electron chi connectivity index (χ1n) is 9.27. The third kappa shape index (κ3) is 3.89. The molecule has 150 valence electrons. The first-order valence-corrected chi connectivity index (χ1v) is 9.64. The topological polar surface area (TPSA) is 63.4 Å². The Morgan fingerprint density at radius 1 is 1.14 bits per heavy atom. The van der Waals surface area contributed by atoms with E-state index < -0.39 is 0 Å². The van der Waals surface area contributed by atoms with Crippen molar-refractivity contribution in [1.29, 1.82) is 0 Å². The van der Waals surface area contributed by atoms with Gasteiger partial charge in [0.15, 0.2) is 5.58 Å².